The van der Waals surface area contributed by atoms with Crippen LogP contribution in [0.3, 0.4) is 0 Å². The van der Waals surface area contributed by atoms with E-state index in [1.54, 1.807) is 0 Å². The van der Waals surface area contributed by atoms with Gasteiger partial charge in [0.1, 0.15) is 5.75 Å². The molecule has 3 heteroatoms. The molecular formula is C14H19NO2. The van der Waals surface area contributed by atoms with E-state index in [9.17, 15) is 5.11 Å². The second kappa shape index (κ2) is 4.00. The molecule has 0 aromatic heterocycles. The summed E-state index contributed by atoms with van der Waals surface area (Å²) in [5.41, 5.74) is 9.36. The Labute approximate surface area is 102 Å². The summed E-state index contributed by atoms with van der Waals surface area (Å²) in [5.74, 6) is 0.404. The summed E-state index contributed by atoms with van der Waals surface area (Å²) >= 11 is 0. The Morgan fingerprint density at radius 2 is 1.82 bits per heavy atom. The minimum absolute atomic E-state index is 0.00169. The molecule has 0 saturated heterocycles. The first kappa shape index (κ1) is 11.1. The van der Waals surface area contributed by atoms with Gasteiger partial charge >= 0.3 is 0 Å². The van der Waals surface area contributed by atoms with Crippen LogP contribution in [0.1, 0.15) is 42.4 Å². The van der Waals surface area contributed by atoms with Crippen molar-refractivity contribution in [2.24, 2.45) is 5.73 Å². The van der Waals surface area contributed by atoms with Crippen molar-refractivity contribution in [1.82, 2.24) is 0 Å². The highest BCUT2D eigenvalue weighted by Gasteiger charge is 2.37. The van der Waals surface area contributed by atoms with Crippen LogP contribution in [-0.4, -0.2) is 11.7 Å². The van der Waals surface area contributed by atoms with Gasteiger partial charge in [-0.15, -0.1) is 0 Å². The molecule has 3 rings (SSSR count). The summed E-state index contributed by atoms with van der Waals surface area (Å²) in [6.45, 7) is 1.92. The summed E-state index contributed by atoms with van der Waals surface area (Å²) in [5, 5.41) is 10.2. The van der Waals surface area contributed by atoms with Gasteiger partial charge in [-0.3, -0.25) is 0 Å². The van der Waals surface area contributed by atoms with Crippen LogP contribution in [0.25, 0.3) is 0 Å². The second-order valence-electron chi connectivity index (χ2n) is 5.32. The molecular weight excluding hydrogens is 214 g/mol. The Kier molecular flexibility index (Phi) is 2.60. The topological polar surface area (TPSA) is 55.5 Å². The minimum Gasteiger partial charge on any atom is -0.508 e. The average molecular weight is 233 g/mol. The van der Waals surface area contributed by atoms with Crippen LogP contribution in [0.5, 0.6) is 5.75 Å². The quantitative estimate of drug-likeness (QED) is 0.823. The van der Waals surface area contributed by atoms with Crippen molar-refractivity contribution in [2.75, 3.05) is 6.54 Å². The standard InChI is InChI=1S/C14H19NO2/c15-9-14(3-1-2-4-14)12-5-10-7-17-8-11(10)6-13(12)16/h5-6,16H,1-4,7-9,15H2. The van der Waals surface area contributed by atoms with Crippen molar-refractivity contribution in [1.29, 1.82) is 0 Å². The summed E-state index contributed by atoms with van der Waals surface area (Å²) in [7, 11) is 0. The van der Waals surface area contributed by atoms with Gasteiger partial charge in [-0.05, 0) is 36.1 Å². The van der Waals surface area contributed by atoms with Crippen LogP contribution >= 0.6 is 0 Å². The highest BCUT2D eigenvalue weighted by atomic mass is 16.5. The molecule has 0 atom stereocenters. The predicted octanol–water partition coefficient (Wildman–Crippen LogP) is 2.19. The number of fused-ring (bicyclic) bond motifs is 1. The Morgan fingerprint density at radius 3 is 2.47 bits per heavy atom. The minimum atomic E-state index is 0.00169. The molecule has 2 aliphatic rings. The van der Waals surface area contributed by atoms with E-state index in [1.807, 2.05) is 6.07 Å². The number of ether oxygens (including phenoxy) is 1. The number of hydrogen-bond acceptors (Lipinski definition) is 3. The van der Waals surface area contributed by atoms with Crippen molar-refractivity contribution in [3.8, 4) is 5.75 Å². The highest BCUT2D eigenvalue weighted by Crippen LogP contribution is 2.45. The van der Waals surface area contributed by atoms with E-state index >= 15 is 0 Å². The lowest BCUT2D eigenvalue weighted by Crippen LogP contribution is -2.32. The molecule has 1 aliphatic heterocycles. The van der Waals surface area contributed by atoms with Gasteiger partial charge in [-0.1, -0.05) is 12.8 Å². The average Bonchev–Trinajstić information content (AvgIpc) is 2.95. The molecule has 1 saturated carbocycles. The number of aromatic hydroxyl groups is 1. The van der Waals surface area contributed by atoms with Crippen molar-refractivity contribution < 1.29 is 9.84 Å². The maximum absolute atomic E-state index is 10.2. The summed E-state index contributed by atoms with van der Waals surface area (Å²) in [6, 6.07) is 3.99. The summed E-state index contributed by atoms with van der Waals surface area (Å²) in [6.07, 6.45) is 4.61. The van der Waals surface area contributed by atoms with Gasteiger partial charge in [0.15, 0.2) is 0 Å². The van der Waals surface area contributed by atoms with E-state index in [0.29, 0.717) is 25.5 Å². The van der Waals surface area contributed by atoms with E-state index in [1.165, 1.54) is 18.4 Å². The monoisotopic (exact) mass is 233 g/mol. The molecule has 1 aliphatic carbocycles. The first-order valence-electron chi connectivity index (χ1n) is 6.38. The van der Waals surface area contributed by atoms with E-state index in [2.05, 4.69) is 6.07 Å². The zero-order valence-electron chi connectivity index (χ0n) is 10.0. The third kappa shape index (κ3) is 1.65. The van der Waals surface area contributed by atoms with Crippen molar-refractivity contribution in [2.45, 2.75) is 44.3 Å². The smallest absolute Gasteiger partial charge is 0.119 e. The fourth-order valence-corrected chi connectivity index (χ4v) is 3.28. The molecule has 1 aromatic rings. The number of benzene rings is 1. The second-order valence-corrected chi connectivity index (χ2v) is 5.32. The fourth-order valence-electron chi connectivity index (χ4n) is 3.28. The number of phenols is 1. The molecule has 3 N–H and O–H groups in total. The summed E-state index contributed by atoms with van der Waals surface area (Å²) < 4.78 is 5.41. The van der Waals surface area contributed by atoms with Gasteiger partial charge < -0.3 is 15.6 Å². The lowest BCUT2D eigenvalue weighted by Gasteiger charge is -2.29. The van der Waals surface area contributed by atoms with Crippen molar-refractivity contribution >= 4 is 0 Å². The van der Waals surface area contributed by atoms with E-state index in [0.717, 1.165) is 24.0 Å². The van der Waals surface area contributed by atoms with Crippen LogP contribution in [0.4, 0.5) is 0 Å². The lowest BCUT2D eigenvalue weighted by atomic mass is 9.77. The van der Waals surface area contributed by atoms with Gasteiger partial charge in [0.2, 0.25) is 0 Å². The van der Waals surface area contributed by atoms with Crippen LogP contribution in [0, 0.1) is 0 Å². The molecule has 1 aromatic carbocycles. The maximum Gasteiger partial charge on any atom is 0.119 e. The molecule has 0 bridgehead atoms. The molecule has 1 heterocycles. The lowest BCUT2D eigenvalue weighted by molar-refractivity contribution is 0.134. The maximum atomic E-state index is 10.2. The fraction of sp³-hybridized carbons (Fsp3) is 0.571. The Morgan fingerprint density at radius 1 is 1.18 bits per heavy atom. The Bertz CT molecular complexity index is 436. The van der Waals surface area contributed by atoms with E-state index in [4.69, 9.17) is 10.5 Å². The number of rotatable bonds is 2. The first-order chi connectivity index (χ1) is 8.25. The number of nitrogens with two attached hydrogens (primary N) is 1. The molecule has 0 spiro atoms. The van der Waals surface area contributed by atoms with E-state index < -0.39 is 0 Å². The normalized spacial score (nSPS) is 21.7. The van der Waals surface area contributed by atoms with E-state index in [-0.39, 0.29) is 5.41 Å². The van der Waals surface area contributed by atoms with Crippen molar-refractivity contribution in [3.05, 3.63) is 28.8 Å². The zero-order chi connectivity index (χ0) is 11.9. The van der Waals surface area contributed by atoms with Gasteiger partial charge in [-0.2, -0.15) is 0 Å². The first-order valence-corrected chi connectivity index (χ1v) is 6.38. The van der Waals surface area contributed by atoms with Gasteiger partial charge in [-0.25, -0.2) is 0 Å². The summed E-state index contributed by atoms with van der Waals surface area (Å²) in [4.78, 5) is 0. The van der Waals surface area contributed by atoms with Crippen LogP contribution < -0.4 is 5.73 Å². The molecule has 92 valence electrons. The molecule has 0 radical (unpaired) electrons. The molecule has 0 amide bonds. The van der Waals surface area contributed by atoms with Crippen LogP contribution in [-0.2, 0) is 23.4 Å². The van der Waals surface area contributed by atoms with Gasteiger partial charge in [0, 0.05) is 17.5 Å². The SMILES string of the molecule is NCC1(c2cc3c(cc2O)COC3)CCCC1. The molecule has 0 unspecified atom stereocenters. The number of hydrogen-bond donors (Lipinski definition) is 2. The largest absolute Gasteiger partial charge is 0.508 e. The zero-order valence-corrected chi connectivity index (χ0v) is 10.0. The third-order valence-corrected chi connectivity index (χ3v) is 4.36. The van der Waals surface area contributed by atoms with Gasteiger partial charge in [0.25, 0.3) is 0 Å². The molecule has 3 nitrogen and oxygen atoms in total. The van der Waals surface area contributed by atoms with Gasteiger partial charge in [0.05, 0.1) is 13.2 Å². The van der Waals surface area contributed by atoms with Crippen molar-refractivity contribution in [3.63, 3.8) is 0 Å². The van der Waals surface area contributed by atoms with Crippen LogP contribution in [0.2, 0.25) is 0 Å². The third-order valence-electron chi connectivity index (χ3n) is 4.36. The highest BCUT2D eigenvalue weighted by molar-refractivity contribution is 5.47. The Hall–Kier alpha value is -1.06. The van der Waals surface area contributed by atoms with Crippen LogP contribution in [0.15, 0.2) is 12.1 Å². The molecule has 1 fully saturated rings. The molecule has 17 heavy (non-hydrogen) atoms. The predicted molar refractivity (Wildman–Crippen MR) is 65.8 cm³/mol. The Balaban J connectivity index is 2.07. The number of phenolic OH excluding ortho intramolecular Hbond substituents is 1.